The van der Waals surface area contributed by atoms with Gasteiger partial charge in [-0.25, -0.2) is 0 Å². The Labute approximate surface area is 75.7 Å². The Balaban J connectivity index is 2.48. The molecule has 1 fully saturated rings. The molecule has 0 radical (unpaired) electrons. The quantitative estimate of drug-likeness (QED) is 0.556. The van der Waals surface area contributed by atoms with Gasteiger partial charge in [0.25, 0.3) is 0 Å². The lowest BCUT2D eigenvalue weighted by molar-refractivity contribution is -0.143. The van der Waals surface area contributed by atoms with Crippen molar-refractivity contribution < 1.29 is 19.8 Å². The molecule has 2 unspecified atom stereocenters. The molecule has 0 amide bonds. The van der Waals surface area contributed by atoms with Crippen LogP contribution in [0.4, 0.5) is 0 Å². The van der Waals surface area contributed by atoms with Crippen LogP contribution in [0.25, 0.3) is 0 Å². The lowest BCUT2D eigenvalue weighted by atomic mass is 9.98. The number of carbonyl (C=O) groups is 2. The highest BCUT2D eigenvalue weighted by Gasteiger charge is 2.26. The van der Waals surface area contributed by atoms with Gasteiger partial charge in [0.1, 0.15) is 0 Å². The van der Waals surface area contributed by atoms with Crippen LogP contribution in [0, 0.1) is 11.8 Å². The third-order valence-electron chi connectivity index (χ3n) is 2.34. The van der Waals surface area contributed by atoms with Crippen molar-refractivity contribution in [1.82, 2.24) is 5.32 Å². The molecule has 0 aliphatic carbocycles. The fourth-order valence-corrected chi connectivity index (χ4v) is 1.46. The first-order chi connectivity index (χ1) is 6.11. The lowest BCUT2D eigenvalue weighted by Gasteiger charge is -2.07. The number of hydrogen-bond acceptors (Lipinski definition) is 3. The second kappa shape index (κ2) is 4.23. The summed E-state index contributed by atoms with van der Waals surface area (Å²) in [6.45, 7) is 0.748. The van der Waals surface area contributed by atoms with Crippen molar-refractivity contribution in [3.05, 3.63) is 0 Å². The third-order valence-corrected chi connectivity index (χ3v) is 2.34. The maximum absolute atomic E-state index is 10.6. The summed E-state index contributed by atoms with van der Waals surface area (Å²) in [4.78, 5) is 21.2. The summed E-state index contributed by atoms with van der Waals surface area (Å²) in [6, 6.07) is 0. The van der Waals surface area contributed by atoms with Crippen LogP contribution in [0.15, 0.2) is 0 Å². The average molecular weight is 187 g/mol. The van der Waals surface area contributed by atoms with Gasteiger partial charge in [-0.15, -0.1) is 0 Å². The molecule has 1 aliphatic heterocycles. The standard InChI is InChI=1S/C8H13NO4/c10-7(11)5-1-2-6(8(12)13)4-9-3-5/h5-6,9H,1-4H2,(H,10,11)(H,12,13). The largest absolute Gasteiger partial charge is 0.481 e. The zero-order chi connectivity index (χ0) is 9.84. The predicted molar refractivity (Wildman–Crippen MR) is 44.4 cm³/mol. The van der Waals surface area contributed by atoms with Gasteiger partial charge in [-0.05, 0) is 12.8 Å². The Morgan fingerprint density at radius 1 is 1.00 bits per heavy atom. The minimum absolute atomic E-state index is 0.374. The Morgan fingerprint density at radius 3 is 1.69 bits per heavy atom. The van der Waals surface area contributed by atoms with Crippen molar-refractivity contribution in [2.24, 2.45) is 11.8 Å². The molecule has 0 aromatic carbocycles. The van der Waals surface area contributed by atoms with Gasteiger partial charge >= 0.3 is 11.9 Å². The van der Waals surface area contributed by atoms with Crippen molar-refractivity contribution in [3.8, 4) is 0 Å². The van der Waals surface area contributed by atoms with Crippen LogP contribution in [0.3, 0.4) is 0 Å². The van der Waals surface area contributed by atoms with Crippen molar-refractivity contribution in [2.75, 3.05) is 13.1 Å². The number of nitrogens with one attached hydrogen (secondary N) is 1. The van der Waals surface area contributed by atoms with E-state index in [1.54, 1.807) is 0 Å². The zero-order valence-corrected chi connectivity index (χ0v) is 7.19. The van der Waals surface area contributed by atoms with Crippen molar-refractivity contribution >= 4 is 11.9 Å². The summed E-state index contributed by atoms with van der Waals surface area (Å²) in [5.41, 5.74) is 0. The molecular weight excluding hydrogens is 174 g/mol. The number of hydrogen-bond donors (Lipinski definition) is 3. The number of rotatable bonds is 2. The maximum Gasteiger partial charge on any atom is 0.307 e. The Kier molecular flexibility index (Phi) is 3.25. The summed E-state index contributed by atoms with van der Waals surface area (Å²) >= 11 is 0. The summed E-state index contributed by atoms with van der Waals surface area (Å²) in [5, 5.41) is 20.2. The second-order valence-electron chi connectivity index (χ2n) is 3.31. The van der Waals surface area contributed by atoms with E-state index in [4.69, 9.17) is 10.2 Å². The molecule has 0 aromatic rings. The molecular formula is C8H13NO4. The van der Waals surface area contributed by atoms with Crippen LogP contribution in [-0.4, -0.2) is 35.2 Å². The first kappa shape index (κ1) is 9.98. The third kappa shape index (κ3) is 2.69. The molecule has 0 saturated carbocycles. The zero-order valence-electron chi connectivity index (χ0n) is 7.19. The summed E-state index contributed by atoms with van der Waals surface area (Å²) in [6.07, 6.45) is 0.888. The van der Waals surface area contributed by atoms with E-state index in [0.29, 0.717) is 25.9 Å². The highest BCUT2D eigenvalue weighted by atomic mass is 16.4. The number of carboxylic acids is 2. The van der Waals surface area contributed by atoms with Crippen LogP contribution in [0.1, 0.15) is 12.8 Å². The minimum atomic E-state index is -0.849. The van der Waals surface area contributed by atoms with Gasteiger partial charge in [0.15, 0.2) is 0 Å². The van der Waals surface area contributed by atoms with Crippen LogP contribution < -0.4 is 5.32 Å². The van der Waals surface area contributed by atoms with Crippen LogP contribution >= 0.6 is 0 Å². The summed E-state index contributed by atoms with van der Waals surface area (Å²) < 4.78 is 0. The van der Waals surface area contributed by atoms with E-state index in [1.165, 1.54) is 0 Å². The van der Waals surface area contributed by atoms with Crippen LogP contribution in [0.5, 0.6) is 0 Å². The summed E-state index contributed by atoms with van der Waals surface area (Å²) in [5.74, 6) is -2.58. The fraction of sp³-hybridized carbons (Fsp3) is 0.750. The molecule has 2 atom stereocenters. The van der Waals surface area contributed by atoms with Gasteiger partial charge in [0.05, 0.1) is 11.8 Å². The van der Waals surface area contributed by atoms with E-state index in [2.05, 4.69) is 5.32 Å². The molecule has 0 bridgehead atoms. The lowest BCUT2D eigenvalue weighted by Crippen LogP contribution is -2.29. The van der Waals surface area contributed by atoms with Crippen LogP contribution in [-0.2, 0) is 9.59 Å². The van der Waals surface area contributed by atoms with Crippen molar-refractivity contribution in [1.29, 1.82) is 0 Å². The van der Waals surface area contributed by atoms with Crippen LogP contribution in [0.2, 0.25) is 0 Å². The molecule has 1 saturated heterocycles. The van der Waals surface area contributed by atoms with Gasteiger partial charge in [0.2, 0.25) is 0 Å². The van der Waals surface area contributed by atoms with Crippen molar-refractivity contribution in [2.45, 2.75) is 12.8 Å². The fourth-order valence-electron chi connectivity index (χ4n) is 1.46. The predicted octanol–water partition coefficient (Wildman–Crippen LogP) is -0.229. The first-order valence-electron chi connectivity index (χ1n) is 4.27. The molecule has 0 spiro atoms. The van der Waals surface area contributed by atoms with E-state index in [-0.39, 0.29) is 0 Å². The van der Waals surface area contributed by atoms with Gasteiger partial charge in [-0.2, -0.15) is 0 Å². The average Bonchev–Trinajstić information content (AvgIpc) is 2.27. The minimum Gasteiger partial charge on any atom is -0.481 e. The SMILES string of the molecule is O=C(O)C1CCC(C(=O)O)CNC1. The molecule has 3 N–H and O–H groups in total. The number of carboxylic acid groups (broad SMARTS) is 2. The Morgan fingerprint density at radius 2 is 1.38 bits per heavy atom. The Bertz CT molecular complexity index is 194. The highest BCUT2D eigenvalue weighted by Crippen LogP contribution is 2.16. The maximum atomic E-state index is 10.6. The van der Waals surface area contributed by atoms with Gasteiger partial charge in [0, 0.05) is 13.1 Å². The van der Waals surface area contributed by atoms with E-state index in [1.807, 2.05) is 0 Å². The normalized spacial score (nSPS) is 29.2. The molecule has 0 aromatic heterocycles. The highest BCUT2D eigenvalue weighted by molar-refractivity contribution is 5.72. The second-order valence-corrected chi connectivity index (χ2v) is 3.31. The van der Waals surface area contributed by atoms with Crippen molar-refractivity contribution in [3.63, 3.8) is 0 Å². The smallest absolute Gasteiger partial charge is 0.307 e. The molecule has 5 nitrogen and oxygen atoms in total. The molecule has 74 valence electrons. The molecule has 1 aliphatic rings. The Hall–Kier alpha value is -1.10. The van der Waals surface area contributed by atoms with E-state index in [0.717, 1.165) is 0 Å². The van der Waals surface area contributed by atoms with Gasteiger partial charge < -0.3 is 15.5 Å². The number of aliphatic carboxylic acids is 2. The molecule has 5 heteroatoms. The van der Waals surface area contributed by atoms with Gasteiger partial charge in [-0.3, -0.25) is 9.59 Å². The molecule has 13 heavy (non-hydrogen) atoms. The monoisotopic (exact) mass is 187 g/mol. The van der Waals surface area contributed by atoms with Gasteiger partial charge in [-0.1, -0.05) is 0 Å². The van der Waals surface area contributed by atoms with E-state index >= 15 is 0 Å². The first-order valence-corrected chi connectivity index (χ1v) is 4.27. The van der Waals surface area contributed by atoms with E-state index in [9.17, 15) is 9.59 Å². The molecule has 1 rings (SSSR count). The molecule has 1 heterocycles. The topological polar surface area (TPSA) is 86.6 Å². The van der Waals surface area contributed by atoms with E-state index < -0.39 is 23.8 Å². The summed E-state index contributed by atoms with van der Waals surface area (Å²) in [7, 11) is 0.